The van der Waals surface area contributed by atoms with Crippen LogP contribution >= 0.6 is 11.6 Å². The fourth-order valence-corrected chi connectivity index (χ4v) is 1.26. The van der Waals surface area contributed by atoms with Gasteiger partial charge in [-0.25, -0.2) is 0 Å². The van der Waals surface area contributed by atoms with Gasteiger partial charge in [-0.1, -0.05) is 18.2 Å². The van der Waals surface area contributed by atoms with Crippen LogP contribution in [-0.2, 0) is 0 Å². The SMILES string of the molecule is C=C[C@@H](Cl)[C@@H](O)c1ccc(OC)cc1. The van der Waals surface area contributed by atoms with Crippen LogP contribution in [0.2, 0.25) is 0 Å². The summed E-state index contributed by atoms with van der Waals surface area (Å²) in [6, 6.07) is 7.13. The van der Waals surface area contributed by atoms with Crippen LogP contribution in [0.3, 0.4) is 0 Å². The van der Waals surface area contributed by atoms with Gasteiger partial charge in [-0.05, 0) is 17.7 Å². The fourth-order valence-electron chi connectivity index (χ4n) is 1.11. The minimum atomic E-state index is -0.722. The molecule has 0 saturated carbocycles. The van der Waals surface area contributed by atoms with Crippen molar-refractivity contribution in [1.82, 2.24) is 0 Å². The molecule has 0 aliphatic heterocycles. The molecule has 1 rings (SSSR count). The van der Waals surface area contributed by atoms with Gasteiger partial charge in [0, 0.05) is 0 Å². The molecule has 1 aromatic rings. The number of hydrogen-bond donors (Lipinski definition) is 1. The highest BCUT2D eigenvalue weighted by atomic mass is 35.5. The molecule has 0 radical (unpaired) electrons. The highest BCUT2D eigenvalue weighted by Crippen LogP contribution is 2.23. The fraction of sp³-hybridized carbons (Fsp3) is 0.273. The van der Waals surface area contributed by atoms with Gasteiger partial charge in [-0.2, -0.15) is 0 Å². The Hall–Kier alpha value is -0.990. The molecule has 14 heavy (non-hydrogen) atoms. The van der Waals surface area contributed by atoms with Gasteiger partial charge in [0.05, 0.1) is 18.6 Å². The van der Waals surface area contributed by atoms with E-state index in [0.717, 1.165) is 11.3 Å². The van der Waals surface area contributed by atoms with Crippen molar-refractivity contribution in [2.75, 3.05) is 7.11 Å². The number of ether oxygens (including phenoxy) is 1. The number of aliphatic hydroxyl groups excluding tert-OH is 1. The summed E-state index contributed by atoms with van der Waals surface area (Å²) >= 11 is 5.82. The third kappa shape index (κ3) is 2.50. The lowest BCUT2D eigenvalue weighted by Gasteiger charge is -2.13. The molecule has 1 N–H and O–H groups in total. The number of benzene rings is 1. The molecular weight excluding hydrogens is 200 g/mol. The number of aliphatic hydroxyl groups is 1. The normalized spacial score (nSPS) is 14.5. The highest BCUT2D eigenvalue weighted by molar-refractivity contribution is 6.22. The van der Waals surface area contributed by atoms with E-state index in [0.29, 0.717) is 0 Å². The average molecular weight is 213 g/mol. The third-order valence-electron chi connectivity index (χ3n) is 1.98. The number of halogens is 1. The minimum absolute atomic E-state index is 0.469. The number of alkyl halides is 1. The predicted octanol–water partition coefficient (Wildman–Crippen LogP) is 2.52. The monoisotopic (exact) mass is 212 g/mol. The number of hydrogen-bond acceptors (Lipinski definition) is 2. The molecule has 2 atom stereocenters. The summed E-state index contributed by atoms with van der Waals surface area (Å²) in [5.74, 6) is 0.755. The molecule has 76 valence electrons. The quantitative estimate of drug-likeness (QED) is 0.614. The van der Waals surface area contributed by atoms with E-state index >= 15 is 0 Å². The molecule has 0 amide bonds. The van der Waals surface area contributed by atoms with Crippen LogP contribution in [-0.4, -0.2) is 17.6 Å². The summed E-state index contributed by atoms with van der Waals surface area (Å²) in [5.41, 5.74) is 0.755. The summed E-state index contributed by atoms with van der Waals surface area (Å²) in [7, 11) is 1.60. The van der Waals surface area contributed by atoms with Crippen LogP contribution in [0.5, 0.6) is 5.75 Å². The van der Waals surface area contributed by atoms with Gasteiger partial charge < -0.3 is 9.84 Å². The van der Waals surface area contributed by atoms with Crippen LogP contribution in [0.1, 0.15) is 11.7 Å². The molecule has 0 spiro atoms. The van der Waals surface area contributed by atoms with E-state index in [-0.39, 0.29) is 0 Å². The smallest absolute Gasteiger partial charge is 0.118 e. The van der Waals surface area contributed by atoms with E-state index in [9.17, 15) is 5.11 Å². The Morgan fingerprint density at radius 3 is 2.43 bits per heavy atom. The second kappa shape index (κ2) is 5.03. The predicted molar refractivity (Wildman–Crippen MR) is 57.8 cm³/mol. The zero-order valence-corrected chi connectivity index (χ0v) is 8.74. The third-order valence-corrected chi connectivity index (χ3v) is 2.40. The van der Waals surface area contributed by atoms with Crippen molar-refractivity contribution in [1.29, 1.82) is 0 Å². The summed E-state index contributed by atoms with van der Waals surface area (Å²) in [5, 5.41) is 9.24. The Morgan fingerprint density at radius 1 is 1.43 bits per heavy atom. The molecule has 0 aliphatic rings. The molecule has 0 unspecified atom stereocenters. The van der Waals surface area contributed by atoms with Crippen molar-refractivity contribution in [2.24, 2.45) is 0 Å². The van der Waals surface area contributed by atoms with E-state index in [2.05, 4.69) is 6.58 Å². The van der Waals surface area contributed by atoms with Crippen molar-refractivity contribution in [3.05, 3.63) is 42.5 Å². The standard InChI is InChI=1S/C11H13ClO2/c1-3-10(12)11(13)8-4-6-9(14-2)7-5-8/h3-7,10-11,13H,1H2,2H3/t10-,11+/m1/s1. The molecule has 0 fully saturated rings. The summed E-state index contributed by atoms with van der Waals surface area (Å²) < 4.78 is 5.00. The van der Waals surface area contributed by atoms with E-state index < -0.39 is 11.5 Å². The Morgan fingerprint density at radius 2 is 2.00 bits per heavy atom. The summed E-state index contributed by atoms with van der Waals surface area (Å²) in [6.07, 6.45) is 0.788. The van der Waals surface area contributed by atoms with E-state index in [1.807, 2.05) is 0 Å². The van der Waals surface area contributed by atoms with E-state index in [4.69, 9.17) is 16.3 Å². The lowest BCUT2D eigenvalue weighted by Crippen LogP contribution is -2.09. The first-order valence-corrected chi connectivity index (χ1v) is 4.71. The van der Waals surface area contributed by atoms with Gasteiger partial charge in [-0.3, -0.25) is 0 Å². The first-order valence-electron chi connectivity index (χ1n) is 4.27. The van der Waals surface area contributed by atoms with Crippen molar-refractivity contribution in [2.45, 2.75) is 11.5 Å². The Labute approximate surface area is 88.8 Å². The first kappa shape index (κ1) is 11.1. The van der Waals surface area contributed by atoms with Gasteiger partial charge in [0.15, 0.2) is 0 Å². The Kier molecular flexibility index (Phi) is 3.98. The molecule has 0 saturated heterocycles. The largest absolute Gasteiger partial charge is 0.497 e. The molecule has 0 heterocycles. The molecule has 3 heteroatoms. The molecule has 0 bridgehead atoms. The van der Waals surface area contributed by atoms with Crippen LogP contribution < -0.4 is 4.74 Å². The molecule has 0 aromatic heterocycles. The molecule has 2 nitrogen and oxygen atoms in total. The summed E-state index contributed by atoms with van der Waals surface area (Å²) in [6.45, 7) is 3.52. The maximum absolute atomic E-state index is 9.71. The summed E-state index contributed by atoms with van der Waals surface area (Å²) in [4.78, 5) is 0. The van der Waals surface area contributed by atoms with Crippen molar-refractivity contribution in [3.8, 4) is 5.75 Å². The Bertz CT molecular complexity index is 295. The van der Waals surface area contributed by atoms with Crippen molar-refractivity contribution < 1.29 is 9.84 Å². The van der Waals surface area contributed by atoms with E-state index in [1.165, 1.54) is 6.08 Å². The second-order valence-corrected chi connectivity index (χ2v) is 3.40. The maximum Gasteiger partial charge on any atom is 0.118 e. The molecular formula is C11H13ClO2. The number of methoxy groups -OCH3 is 1. The zero-order valence-electron chi connectivity index (χ0n) is 7.98. The minimum Gasteiger partial charge on any atom is -0.497 e. The van der Waals surface area contributed by atoms with E-state index in [1.54, 1.807) is 31.4 Å². The lowest BCUT2D eigenvalue weighted by molar-refractivity contribution is 0.185. The van der Waals surface area contributed by atoms with Gasteiger partial charge >= 0.3 is 0 Å². The van der Waals surface area contributed by atoms with Crippen LogP contribution in [0, 0.1) is 0 Å². The second-order valence-electron chi connectivity index (χ2n) is 2.90. The Balaban J connectivity index is 2.80. The highest BCUT2D eigenvalue weighted by Gasteiger charge is 2.14. The van der Waals surface area contributed by atoms with Crippen molar-refractivity contribution >= 4 is 11.6 Å². The number of rotatable bonds is 4. The molecule has 1 aromatic carbocycles. The van der Waals surface area contributed by atoms with Gasteiger partial charge in [0.1, 0.15) is 5.75 Å². The van der Waals surface area contributed by atoms with Gasteiger partial charge in [0.2, 0.25) is 0 Å². The van der Waals surface area contributed by atoms with Crippen LogP contribution in [0.25, 0.3) is 0 Å². The lowest BCUT2D eigenvalue weighted by atomic mass is 10.1. The zero-order chi connectivity index (χ0) is 10.6. The average Bonchev–Trinajstić information content (AvgIpc) is 2.27. The molecule has 0 aliphatic carbocycles. The first-order chi connectivity index (χ1) is 6.69. The van der Waals surface area contributed by atoms with Crippen molar-refractivity contribution in [3.63, 3.8) is 0 Å². The maximum atomic E-state index is 9.71. The van der Waals surface area contributed by atoms with Crippen LogP contribution in [0.15, 0.2) is 36.9 Å². The topological polar surface area (TPSA) is 29.5 Å². The van der Waals surface area contributed by atoms with Gasteiger partial charge in [-0.15, -0.1) is 18.2 Å². The van der Waals surface area contributed by atoms with Gasteiger partial charge in [0.25, 0.3) is 0 Å². The van der Waals surface area contributed by atoms with Crippen LogP contribution in [0.4, 0.5) is 0 Å².